The Kier molecular flexibility index (Phi) is 9.51. The number of anilines is 1. The van der Waals surface area contributed by atoms with E-state index in [2.05, 4.69) is 4.99 Å². The molecule has 9 nitrogen and oxygen atoms in total. The first-order valence-electron chi connectivity index (χ1n) is 12.9. The van der Waals surface area contributed by atoms with Crippen molar-refractivity contribution in [2.45, 2.75) is 32.2 Å². The Morgan fingerprint density at radius 3 is 2.27 bits per heavy atom. The second kappa shape index (κ2) is 13.0. The van der Waals surface area contributed by atoms with E-state index in [9.17, 15) is 18.0 Å². The van der Waals surface area contributed by atoms with E-state index in [4.69, 9.17) is 9.47 Å². The molecule has 0 unspecified atom stereocenters. The van der Waals surface area contributed by atoms with Crippen LogP contribution in [0.5, 0.6) is 0 Å². The van der Waals surface area contributed by atoms with Crippen LogP contribution in [0.25, 0.3) is 10.2 Å². The Morgan fingerprint density at radius 2 is 1.62 bits per heavy atom. The number of para-hydroxylation sites is 1. The van der Waals surface area contributed by atoms with E-state index >= 15 is 0 Å². The summed E-state index contributed by atoms with van der Waals surface area (Å²) in [6.45, 7) is 7.38. The normalized spacial score (nSPS) is 12.0. The van der Waals surface area contributed by atoms with Crippen molar-refractivity contribution in [2.24, 2.45) is 4.99 Å². The van der Waals surface area contributed by atoms with Crippen LogP contribution in [0, 0.1) is 0 Å². The molecular formula is C29H31N3O6S2. The molecule has 210 valence electrons. The molecule has 0 saturated carbocycles. The molecule has 40 heavy (non-hydrogen) atoms. The molecule has 0 radical (unpaired) electrons. The van der Waals surface area contributed by atoms with Crippen LogP contribution in [0.4, 0.5) is 5.69 Å². The predicted octanol–water partition coefficient (Wildman–Crippen LogP) is 4.87. The highest BCUT2D eigenvalue weighted by molar-refractivity contribution is 7.92. The standard InChI is InChI=1S/C29H31N3O6S2/c1-4-32(23-10-8-7-9-11-23)40(35,36)24-15-12-21(13-16-24)27(33)30-29-31(18-19-37-5-2)25-17-14-22(20-26(25)39-29)28(34)38-6-3/h7-17,20H,4-6,18-19H2,1-3H3. The Bertz CT molecular complexity index is 1660. The van der Waals surface area contributed by atoms with E-state index in [1.54, 1.807) is 56.3 Å². The molecule has 11 heteroatoms. The zero-order chi connectivity index (χ0) is 28.7. The van der Waals surface area contributed by atoms with E-state index in [0.717, 1.165) is 10.2 Å². The molecule has 0 atom stereocenters. The zero-order valence-corrected chi connectivity index (χ0v) is 24.2. The Balaban J connectivity index is 1.67. The van der Waals surface area contributed by atoms with E-state index in [-0.39, 0.29) is 23.6 Å². The summed E-state index contributed by atoms with van der Waals surface area (Å²) in [7, 11) is -3.82. The van der Waals surface area contributed by atoms with Crippen molar-refractivity contribution in [3.63, 3.8) is 0 Å². The fraction of sp³-hybridized carbons (Fsp3) is 0.276. The largest absolute Gasteiger partial charge is 0.462 e. The number of ether oxygens (including phenoxy) is 2. The van der Waals surface area contributed by atoms with Crippen molar-refractivity contribution in [3.8, 4) is 0 Å². The maximum atomic E-state index is 13.3. The molecule has 4 rings (SSSR count). The van der Waals surface area contributed by atoms with E-state index in [1.165, 1.54) is 39.9 Å². The van der Waals surface area contributed by atoms with Gasteiger partial charge in [-0.1, -0.05) is 29.5 Å². The van der Waals surface area contributed by atoms with Crippen LogP contribution >= 0.6 is 11.3 Å². The lowest BCUT2D eigenvalue weighted by molar-refractivity contribution is 0.0526. The second-order valence-corrected chi connectivity index (χ2v) is 11.5. The number of carbonyl (C=O) groups is 2. The molecule has 0 aliphatic carbocycles. The number of hydrogen-bond acceptors (Lipinski definition) is 7. The molecule has 0 fully saturated rings. The summed E-state index contributed by atoms with van der Waals surface area (Å²) in [5, 5.41) is 0. The Hall–Kier alpha value is -3.80. The van der Waals surface area contributed by atoms with E-state index < -0.39 is 21.9 Å². The molecule has 0 N–H and O–H groups in total. The number of hydrogen-bond donors (Lipinski definition) is 0. The van der Waals surface area contributed by atoms with Gasteiger partial charge in [0.25, 0.3) is 15.9 Å². The monoisotopic (exact) mass is 581 g/mol. The summed E-state index contributed by atoms with van der Waals surface area (Å²) in [6, 6.07) is 19.8. The average molecular weight is 582 g/mol. The number of esters is 1. The smallest absolute Gasteiger partial charge is 0.338 e. The quantitative estimate of drug-likeness (QED) is 0.185. The molecule has 1 aromatic heterocycles. The molecule has 0 saturated heterocycles. The third-order valence-electron chi connectivity index (χ3n) is 6.08. The molecule has 3 aromatic carbocycles. The molecule has 1 amide bonds. The summed E-state index contributed by atoms with van der Waals surface area (Å²) in [6.07, 6.45) is 0. The molecular weight excluding hydrogens is 550 g/mol. The van der Waals surface area contributed by atoms with Crippen LogP contribution in [-0.4, -0.2) is 51.2 Å². The minimum absolute atomic E-state index is 0.0786. The number of amides is 1. The van der Waals surface area contributed by atoms with E-state index in [0.29, 0.717) is 35.8 Å². The summed E-state index contributed by atoms with van der Waals surface area (Å²) >= 11 is 1.28. The van der Waals surface area contributed by atoms with Crippen molar-refractivity contribution in [1.29, 1.82) is 0 Å². The van der Waals surface area contributed by atoms with Gasteiger partial charge in [0.1, 0.15) is 0 Å². The Morgan fingerprint density at radius 1 is 0.925 bits per heavy atom. The lowest BCUT2D eigenvalue weighted by atomic mass is 10.2. The highest BCUT2D eigenvalue weighted by Crippen LogP contribution is 2.24. The summed E-state index contributed by atoms with van der Waals surface area (Å²) < 4.78 is 41.2. The van der Waals surface area contributed by atoms with Crippen molar-refractivity contribution in [3.05, 3.63) is 88.7 Å². The first-order chi connectivity index (χ1) is 19.3. The maximum absolute atomic E-state index is 13.3. The number of benzene rings is 3. The minimum atomic E-state index is -3.82. The molecule has 0 aliphatic rings. The number of fused-ring (bicyclic) bond motifs is 1. The van der Waals surface area contributed by atoms with Crippen molar-refractivity contribution in [2.75, 3.05) is 30.7 Å². The van der Waals surface area contributed by atoms with Gasteiger partial charge in [-0.05, 0) is 75.4 Å². The van der Waals surface area contributed by atoms with Gasteiger partial charge >= 0.3 is 5.97 Å². The van der Waals surface area contributed by atoms with Crippen molar-refractivity contribution >= 4 is 49.1 Å². The number of sulfonamides is 1. The van der Waals surface area contributed by atoms with Crippen LogP contribution in [0.3, 0.4) is 0 Å². The van der Waals surface area contributed by atoms with Gasteiger partial charge in [0.05, 0.1) is 39.6 Å². The Labute approximate surface area is 237 Å². The lowest BCUT2D eigenvalue weighted by Gasteiger charge is -2.22. The third kappa shape index (κ3) is 6.33. The van der Waals surface area contributed by atoms with Gasteiger partial charge in [0.2, 0.25) is 0 Å². The SMILES string of the molecule is CCOCCn1c(=NC(=O)c2ccc(S(=O)(=O)N(CC)c3ccccc3)cc2)sc2cc(C(=O)OCC)ccc21. The molecule has 0 aliphatic heterocycles. The van der Waals surface area contributed by atoms with Gasteiger partial charge in [0.15, 0.2) is 4.80 Å². The number of nitrogens with zero attached hydrogens (tertiary/aromatic N) is 3. The molecule has 0 spiro atoms. The fourth-order valence-corrected chi connectivity index (χ4v) is 6.72. The van der Waals surface area contributed by atoms with Gasteiger partial charge in [-0.25, -0.2) is 13.2 Å². The van der Waals surface area contributed by atoms with Gasteiger partial charge in [0, 0.05) is 25.3 Å². The maximum Gasteiger partial charge on any atom is 0.338 e. The topological polar surface area (TPSA) is 107 Å². The van der Waals surface area contributed by atoms with Crippen molar-refractivity contribution in [1.82, 2.24) is 4.57 Å². The van der Waals surface area contributed by atoms with Crippen LogP contribution in [0.2, 0.25) is 0 Å². The number of carbonyl (C=O) groups excluding carboxylic acids is 2. The number of aromatic nitrogens is 1. The summed E-state index contributed by atoms with van der Waals surface area (Å²) in [5.74, 6) is -0.932. The minimum Gasteiger partial charge on any atom is -0.462 e. The summed E-state index contributed by atoms with van der Waals surface area (Å²) in [4.78, 5) is 30.3. The second-order valence-electron chi connectivity index (χ2n) is 8.58. The molecule has 1 heterocycles. The van der Waals surface area contributed by atoms with Crippen molar-refractivity contribution < 1.29 is 27.5 Å². The van der Waals surface area contributed by atoms with Crippen LogP contribution < -0.4 is 9.11 Å². The average Bonchev–Trinajstić information content (AvgIpc) is 3.30. The summed E-state index contributed by atoms with van der Waals surface area (Å²) in [5.41, 5.74) is 2.04. The number of thiazole rings is 1. The van der Waals surface area contributed by atoms with Crippen LogP contribution in [0.1, 0.15) is 41.5 Å². The molecule has 0 bridgehead atoms. The highest BCUT2D eigenvalue weighted by atomic mass is 32.2. The van der Waals surface area contributed by atoms with Gasteiger partial charge < -0.3 is 14.0 Å². The zero-order valence-electron chi connectivity index (χ0n) is 22.6. The fourth-order valence-electron chi connectivity index (χ4n) is 4.15. The highest BCUT2D eigenvalue weighted by Gasteiger charge is 2.24. The molecule has 4 aromatic rings. The van der Waals surface area contributed by atoms with Crippen LogP contribution in [-0.2, 0) is 26.0 Å². The first-order valence-corrected chi connectivity index (χ1v) is 15.2. The number of rotatable bonds is 11. The van der Waals surface area contributed by atoms with E-state index in [1.807, 2.05) is 17.6 Å². The van der Waals surface area contributed by atoms with Gasteiger partial charge in [-0.15, -0.1) is 0 Å². The van der Waals surface area contributed by atoms with Gasteiger partial charge in [-0.3, -0.25) is 9.10 Å². The third-order valence-corrected chi connectivity index (χ3v) is 9.03. The van der Waals surface area contributed by atoms with Gasteiger partial charge in [-0.2, -0.15) is 4.99 Å². The first kappa shape index (κ1) is 29.2. The predicted molar refractivity (Wildman–Crippen MR) is 155 cm³/mol. The lowest BCUT2D eigenvalue weighted by Crippen LogP contribution is -2.30. The van der Waals surface area contributed by atoms with Crippen LogP contribution in [0.15, 0.2) is 82.7 Å².